The minimum Gasteiger partial charge on any atom is -0.481 e. The zero-order valence-electron chi connectivity index (χ0n) is 11.5. The first-order chi connectivity index (χ1) is 9.19. The van der Waals surface area contributed by atoms with Crippen LogP contribution in [0.2, 0.25) is 0 Å². The molecule has 2 rings (SSSR count). The molecule has 0 aliphatic heterocycles. The Hall–Kier alpha value is -1.35. The van der Waals surface area contributed by atoms with Gasteiger partial charge in [-0.1, -0.05) is 43.5 Å². The lowest BCUT2D eigenvalue weighted by Gasteiger charge is -2.34. The normalized spacial score (nSPS) is 18.2. The predicted molar refractivity (Wildman–Crippen MR) is 74.4 cm³/mol. The SMILES string of the molecule is COCCc1cccc(C2(C(=O)O)CCCCC2)c1. The molecule has 0 spiro atoms. The van der Waals surface area contributed by atoms with E-state index >= 15 is 0 Å². The van der Waals surface area contributed by atoms with Gasteiger partial charge in [0.1, 0.15) is 0 Å². The number of carboxylic acid groups (broad SMARTS) is 1. The highest BCUT2D eigenvalue weighted by atomic mass is 16.5. The lowest BCUT2D eigenvalue weighted by Crippen LogP contribution is -2.37. The number of methoxy groups -OCH3 is 1. The molecule has 19 heavy (non-hydrogen) atoms. The maximum Gasteiger partial charge on any atom is 0.314 e. The summed E-state index contributed by atoms with van der Waals surface area (Å²) in [5.74, 6) is -0.670. The molecular weight excluding hydrogens is 240 g/mol. The number of hydrogen-bond donors (Lipinski definition) is 1. The maximum atomic E-state index is 11.8. The maximum absolute atomic E-state index is 11.8. The Kier molecular flexibility index (Phi) is 4.59. The van der Waals surface area contributed by atoms with E-state index in [2.05, 4.69) is 6.07 Å². The summed E-state index contributed by atoms with van der Waals surface area (Å²) in [6, 6.07) is 8.04. The van der Waals surface area contributed by atoms with Crippen LogP contribution in [0.4, 0.5) is 0 Å². The summed E-state index contributed by atoms with van der Waals surface area (Å²) in [5.41, 5.74) is 1.46. The van der Waals surface area contributed by atoms with E-state index in [4.69, 9.17) is 4.74 Å². The monoisotopic (exact) mass is 262 g/mol. The first-order valence-corrected chi connectivity index (χ1v) is 7.01. The van der Waals surface area contributed by atoms with Gasteiger partial charge >= 0.3 is 5.97 Å². The molecule has 0 heterocycles. The Balaban J connectivity index is 2.28. The summed E-state index contributed by atoms with van der Waals surface area (Å²) in [4.78, 5) is 11.8. The van der Waals surface area contributed by atoms with Crippen LogP contribution in [-0.2, 0) is 21.4 Å². The molecule has 0 unspecified atom stereocenters. The summed E-state index contributed by atoms with van der Waals surface area (Å²) < 4.78 is 5.09. The first-order valence-electron chi connectivity index (χ1n) is 7.01. The second kappa shape index (κ2) is 6.20. The van der Waals surface area contributed by atoms with Crippen molar-refractivity contribution in [1.82, 2.24) is 0 Å². The van der Waals surface area contributed by atoms with Crippen molar-refractivity contribution in [3.05, 3.63) is 35.4 Å². The molecule has 0 radical (unpaired) electrons. The molecule has 1 aliphatic rings. The molecule has 1 saturated carbocycles. The number of ether oxygens (including phenoxy) is 1. The van der Waals surface area contributed by atoms with Crippen molar-refractivity contribution in [3.63, 3.8) is 0 Å². The molecule has 1 aromatic carbocycles. The van der Waals surface area contributed by atoms with Crippen LogP contribution >= 0.6 is 0 Å². The number of carbonyl (C=O) groups is 1. The molecule has 104 valence electrons. The van der Waals surface area contributed by atoms with Crippen LogP contribution in [0.5, 0.6) is 0 Å². The average molecular weight is 262 g/mol. The van der Waals surface area contributed by atoms with Gasteiger partial charge in [-0.15, -0.1) is 0 Å². The highest BCUT2D eigenvalue weighted by Gasteiger charge is 2.41. The summed E-state index contributed by atoms with van der Waals surface area (Å²) in [6.45, 7) is 0.670. The Morgan fingerprint density at radius 3 is 2.68 bits per heavy atom. The van der Waals surface area contributed by atoms with Gasteiger partial charge < -0.3 is 9.84 Å². The van der Waals surface area contributed by atoms with E-state index in [1.165, 1.54) is 0 Å². The predicted octanol–water partition coefficient (Wildman–Crippen LogP) is 3.16. The average Bonchev–Trinajstić information content (AvgIpc) is 2.46. The van der Waals surface area contributed by atoms with Crippen LogP contribution in [0.25, 0.3) is 0 Å². The molecule has 1 aromatic rings. The summed E-state index contributed by atoms with van der Waals surface area (Å²) in [7, 11) is 1.68. The Morgan fingerprint density at radius 2 is 2.05 bits per heavy atom. The van der Waals surface area contributed by atoms with Gasteiger partial charge in [-0.2, -0.15) is 0 Å². The Bertz CT molecular complexity index is 433. The van der Waals surface area contributed by atoms with Gasteiger partial charge in [-0.05, 0) is 30.4 Å². The fourth-order valence-corrected chi connectivity index (χ4v) is 3.03. The number of rotatable bonds is 5. The zero-order valence-corrected chi connectivity index (χ0v) is 11.5. The van der Waals surface area contributed by atoms with Crippen molar-refractivity contribution >= 4 is 5.97 Å². The lowest BCUT2D eigenvalue weighted by atomic mass is 9.69. The molecule has 0 saturated heterocycles. The quantitative estimate of drug-likeness (QED) is 0.886. The summed E-state index contributed by atoms with van der Waals surface area (Å²) in [6.07, 6.45) is 5.52. The molecule has 0 aromatic heterocycles. The smallest absolute Gasteiger partial charge is 0.314 e. The van der Waals surface area contributed by atoms with Gasteiger partial charge in [0, 0.05) is 7.11 Å². The van der Waals surface area contributed by atoms with E-state index in [-0.39, 0.29) is 0 Å². The molecular formula is C16H22O3. The number of hydrogen-bond acceptors (Lipinski definition) is 2. The van der Waals surface area contributed by atoms with Gasteiger partial charge in [0.25, 0.3) is 0 Å². The van der Waals surface area contributed by atoms with E-state index in [9.17, 15) is 9.90 Å². The highest BCUT2D eigenvalue weighted by molar-refractivity contribution is 5.81. The van der Waals surface area contributed by atoms with Crippen LogP contribution in [0.1, 0.15) is 43.2 Å². The van der Waals surface area contributed by atoms with Crippen molar-refractivity contribution in [2.75, 3.05) is 13.7 Å². The summed E-state index contributed by atoms with van der Waals surface area (Å²) in [5, 5.41) is 9.68. The molecule has 1 fully saturated rings. The van der Waals surface area contributed by atoms with E-state index in [0.29, 0.717) is 6.61 Å². The number of aliphatic carboxylic acids is 1. The van der Waals surface area contributed by atoms with Crippen molar-refractivity contribution in [3.8, 4) is 0 Å². The van der Waals surface area contributed by atoms with E-state index in [1.807, 2.05) is 18.2 Å². The van der Waals surface area contributed by atoms with Crippen LogP contribution in [-0.4, -0.2) is 24.8 Å². The molecule has 3 heteroatoms. The van der Waals surface area contributed by atoms with Crippen molar-refractivity contribution in [2.24, 2.45) is 0 Å². The van der Waals surface area contributed by atoms with E-state index in [1.54, 1.807) is 7.11 Å². The van der Waals surface area contributed by atoms with Crippen LogP contribution < -0.4 is 0 Å². The molecule has 3 nitrogen and oxygen atoms in total. The number of benzene rings is 1. The molecule has 0 bridgehead atoms. The fourth-order valence-electron chi connectivity index (χ4n) is 3.03. The van der Waals surface area contributed by atoms with Crippen LogP contribution in [0, 0.1) is 0 Å². The number of carboxylic acids is 1. The molecule has 0 amide bonds. The Morgan fingerprint density at radius 1 is 1.32 bits per heavy atom. The largest absolute Gasteiger partial charge is 0.481 e. The Labute approximate surface area is 114 Å². The van der Waals surface area contributed by atoms with Gasteiger partial charge in [-0.25, -0.2) is 0 Å². The lowest BCUT2D eigenvalue weighted by molar-refractivity contribution is -0.145. The minimum absolute atomic E-state index is 0.665. The van der Waals surface area contributed by atoms with E-state index < -0.39 is 11.4 Å². The van der Waals surface area contributed by atoms with Gasteiger partial charge in [0.05, 0.1) is 12.0 Å². The van der Waals surface area contributed by atoms with Crippen molar-refractivity contribution < 1.29 is 14.6 Å². The molecule has 1 aliphatic carbocycles. The summed E-state index contributed by atoms with van der Waals surface area (Å²) >= 11 is 0. The highest BCUT2D eigenvalue weighted by Crippen LogP contribution is 2.40. The first kappa shape index (κ1) is 14.1. The standard InChI is InChI=1S/C16H22O3/c1-19-11-8-13-6-5-7-14(12-13)16(15(17)18)9-3-2-4-10-16/h5-7,12H,2-4,8-11H2,1H3,(H,17,18). The second-order valence-electron chi connectivity index (χ2n) is 5.39. The third-order valence-corrected chi connectivity index (χ3v) is 4.19. The minimum atomic E-state index is -0.670. The van der Waals surface area contributed by atoms with Gasteiger partial charge in [-0.3, -0.25) is 4.79 Å². The van der Waals surface area contributed by atoms with Crippen molar-refractivity contribution in [1.29, 1.82) is 0 Å². The zero-order chi connectivity index (χ0) is 13.7. The second-order valence-corrected chi connectivity index (χ2v) is 5.39. The van der Waals surface area contributed by atoms with Crippen molar-refractivity contribution in [2.45, 2.75) is 43.9 Å². The van der Waals surface area contributed by atoms with E-state index in [0.717, 1.165) is 49.7 Å². The fraction of sp³-hybridized carbons (Fsp3) is 0.562. The topological polar surface area (TPSA) is 46.5 Å². The third kappa shape index (κ3) is 2.98. The molecule has 1 N–H and O–H groups in total. The molecule has 0 atom stereocenters. The third-order valence-electron chi connectivity index (χ3n) is 4.19. The van der Waals surface area contributed by atoms with Crippen LogP contribution in [0.3, 0.4) is 0 Å². The van der Waals surface area contributed by atoms with Gasteiger partial charge in [0.15, 0.2) is 0 Å². The van der Waals surface area contributed by atoms with Gasteiger partial charge in [0.2, 0.25) is 0 Å². The van der Waals surface area contributed by atoms with Crippen LogP contribution in [0.15, 0.2) is 24.3 Å².